The molecule has 2 rings (SSSR count). The highest BCUT2D eigenvalue weighted by molar-refractivity contribution is 6.30. The van der Waals surface area contributed by atoms with Crippen molar-refractivity contribution >= 4 is 11.6 Å². The van der Waals surface area contributed by atoms with Crippen molar-refractivity contribution in [3.8, 4) is 0 Å². The zero-order valence-corrected chi connectivity index (χ0v) is 13.6. The molecule has 0 aliphatic heterocycles. The van der Waals surface area contributed by atoms with E-state index in [-0.39, 0.29) is 12.1 Å². The smallest absolute Gasteiger partial charge is 0.129 e. The van der Waals surface area contributed by atoms with Crippen LogP contribution < -0.4 is 5.32 Å². The summed E-state index contributed by atoms with van der Waals surface area (Å²) in [5, 5.41) is 14.0. The molecular formula is C17H22ClNO3. The molecular weight excluding hydrogens is 302 g/mol. The molecule has 4 nitrogen and oxygen atoms in total. The molecule has 1 unspecified atom stereocenters. The molecule has 1 aromatic heterocycles. The monoisotopic (exact) mass is 323 g/mol. The first-order chi connectivity index (χ1) is 10.5. The molecule has 0 aliphatic carbocycles. The maximum Gasteiger partial charge on any atom is 0.129 e. The lowest BCUT2D eigenvalue weighted by atomic mass is 9.94. The number of nitrogens with one attached hydrogen (secondary N) is 1. The second-order valence-electron chi connectivity index (χ2n) is 5.76. The van der Waals surface area contributed by atoms with Gasteiger partial charge < -0.3 is 19.6 Å². The summed E-state index contributed by atoms with van der Waals surface area (Å²) in [7, 11) is 0. The number of rotatable bonds is 8. The number of hydrogen-bond acceptors (Lipinski definition) is 4. The van der Waals surface area contributed by atoms with Gasteiger partial charge >= 0.3 is 0 Å². The van der Waals surface area contributed by atoms with E-state index in [2.05, 4.69) is 19.2 Å². The minimum Gasteiger partial charge on any atom is -0.467 e. The zero-order chi connectivity index (χ0) is 16.0. The highest BCUT2D eigenvalue weighted by atomic mass is 35.5. The molecule has 0 saturated carbocycles. The summed E-state index contributed by atoms with van der Waals surface area (Å²) in [6.07, 6.45) is 1.01. The molecule has 22 heavy (non-hydrogen) atoms. The van der Waals surface area contributed by atoms with Gasteiger partial charge in [0.05, 0.1) is 19.0 Å². The molecule has 0 aliphatic rings. The fourth-order valence-corrected chi connectivity index (χ4v) is 2.29. The molecule has 1 atom stereocenters. The largest absolute Gasteiger partial charge is 0.467 e. The summed E-state index contributed by atoms with van der Waals surface area (Å²) in [5.41, 5.74) is 0.788. The van der Waals surface area contributed by atoms with E-state index in [1.807, 2.05) is 36.4 Å². The standard InChI is InChI=1S/C17H22ClNO3/c1-17(2,13-5-3-6-14(18)9-13)19-10-15(20)11-21-12-16-7-4-8-22-16/h3-9,15,19-20H,10-12H2,1-2H3. The van der Waals surface area contributed by atoms with E-state index in [4.69, 9.17) is 20.8 Å². The van der Waals surface area contributed by atoms with Gasteiger partial charge in [0.2, 0.25) is 0 Å². The topological polar surface area (TPSA) is 54.6 Å². The predicted molar refractivity (Wildman–Crippen MR) is 86.9 cm³/mol. The lowest BCUT2D eigenvalue weighted by Gasteiger charge is -2.28. The summed E-state index contributed by atoms with van der Waals surface area (Å²) in [6.45, 7) is 5.14. The number of aliphatic hydroxyl groups is 1. The van der Waals surface area contributed by atoms with Crippen molar-refractivity contribution in [3.05, 3.63) is 59.0 Å². The molecule has 0 fully saturated rings. The Morgan fingerprint density at radius 3 is 2.82 bits per heavy atom. The number of halogens is 1. The van der Waals surface area contributed by atoms with Crippen molar-refractivity contribution in [2.45, 2.75) is 32.1 Å². The van der Waals surface area contributed by atoms with E-state index < -0.39 is 6.10 Å². The highest BCUT2D eigenvalue weighted by Crippen LogP contribution is 2.22. The summed E-state index contributed by atoms with van der Waals surface area (Å²) < 4.78 is 10.6. The molecule has 0 radical (unpaired) electrons. The van der Waals surface area contributed by atoms with E-state index in [0.717, 1.165) is 11.3 Å². The van der Waals surface area contributed by atoms with Crippen molar-refractivity contribution in [1.29, 1.82) is 0 Å². The first-order valence-corrected chi connectivity index (χ1v) is 7.64. The minimum atomic E-state index is -0.589. The van der Waals surface area contributed by atoms with E-state index in [1.165, 1.54) is 0 Å². The van der Waals surface area contributed by atoms with Crippen LogP contribution in [0.3, 0.4) is 0 Å². The van der Waals surface area contributed by atoms with Gasteiger partial charge in [-0.2, -0.15) is 0 Å². The van der Waals surface area contributed by atoms with Crippen molar-refractivity contribution in [2.75, 3.05) is 13.2 Å². The van der Waals surface area contributed by atoms with E-state index in [9.17, 15) is 5.11 Å². The minimum absolute atomic E-state index is 0.249. The fraction of sp³-hybridized carbons (Fsp3) is 0.412. The normalized spacial score (nSPS) is 13.3. The van der Waals surface area contributed by atoms with Gasteiger partial charge in [-0.3, -0.25) is 0 Å². The maximum absolute atomic E-state index is 10.00. The lowest BCUT2D eigenvalue weighted by Crippen LogP contribution is -2.42. The first-order valence-electron chi connectivity index (χ1n) is 7.26. The number of aliphatic hydroxyl groups excluding tert-OH is 1. The van der Waals surface area contributed by atoms with E-state index in [0.29, 0.717) is 18.2 Å². The Hall–Kier alpha value is -1.33. The van der Waals surface area contributed by atoms with Crippen LogP contribution in [-0.2, 0) is 16.9 Å². The number of furan rings is 1. The van der Waals surface area contributed by atoms with Gasteiger partial charge in [-0.15, -0.1) is 0 Å². The van der Waals surface area contributed by atoms with Gasteiger partial charge in [0.1, 0.15) is 12.4 Å². The van der Waals surface area contributed by atoms with Crippen molar-refractivity contribution in [3.63, 3.8) is 0 Å². The lowest BCUT2D eigenvalue weighted by molar-refractivity contribution is 0.0197. The molecule has 1 aromatic carbocycles. The molecule has 2 aromatic rings. The van der Waals surface area contributed by atoms with Crippen molar-refractivity contribution < 1.29 is 14.3 Å². The van der Waals surface area contributed by atoms with Crippen LogP contribution in [-0.4, -0.2) is 24.4 Å². The Balaban J connectivity index is 1.76. The second kappa shape index (κ2) is 7.79. The van der Waals surface area contributed by atoms with Crippen LogP contribution in [0.1, 0.15) is 25.2 Å². The summed E-state index contributed by atoms with van der Waals surface area (Å²) in [5.74, 6) is 0.749. The van der Waals surface area contributed by atoms with Crippen LogP contribution in [0, 0.1) is 0 Å². The Morgan fingerprint density at radius 2 is 2.14 bits per heavy atom. The van der Waals surface area contributed by atoms with Crippen LogP contribution in [0.4, 0.5) is 0 Å². The van der Waals surface area contributed by atoms with Crippen LogP contribution in [0.15, 0.2) is 47.1 Å². The van der Waals surface area contributed by atoms with E-state index in [1.54, 1.807) is 6.26 Å². The number of benzene rings is 1. The summed E-state index contributed by atoms with van der Waals surface area (Å²) >= 11 is 6.02. The van der Waals surface area contributed by atoms with E-state index >= 15 is 0 Å². The maximum atomic E-state index is 10.00. The third-order valence-electron chi connectivity index (χ3n) is 3.46. The summed E-state index contributed by atoms with van der Waals surface area (Å²) in [4.78, 5) is 0. The van der Waals surface area contributed by atoms with Crippen molar-refractivity contribution in [2.24, 2.45) is 0 Å². The molecule has 120 valence electrons. The Bertz CT molecular complexity index is 569. The molecule has 0 spiro atoms. The number of ether oxygens (including phenoxy) is 1. The SMILES string of the molecule is CC(C)(NCC(O)COCc1ccco1)c1cccc(Cl)c1. The number of hydrogen-bond donors (Lipinski definition) is 2. The zero-order valence-electron chi connectivity index (χ0n) is 12.9. The molecule has 5 heteroatoms. The highest BCUT2D eigenvalue weighted by Gasteiger charge is 2.21. The van der Waals surface area contributed by atoms with Crippen molar-refractivity contribution in [1.82, 2.24) is 5.32 Å². The van der Waals surface area contributed by atoms with Gasteiger partial charge in [0.25, 0.3) is 0 Å². The van der Waals surface area contributed by atoms with Crippen LogP contribution in [0.25, 0.3) is 0 Å². The fourth-order valence-electron chi connectivity index (χ4n) is 2.10. The molecule has 0 amide bonds. The van der Waals surface area contributed by atoms with Gasteiger partial charge in [-0.1, -0.05) is 23.7 Å². The predicted octanol–water partition coefficient (Wildman–Crippen LogP) is 3.34. The van der Waals surface area contributed by atoms with Crippen LogP contribution in [0.2, 0.25) is 5.02 Å². The Kier molecular flexibility index (Phi) is 6.03. The first kappa shape index (κ1) is 17.0. The molecule has 1 heterocycles. The average molecular weight is 324 g/mol. The quantitative estimate of drug-likeness (QED) is 0.782. The molecule has 0 saturated heterocycles. The third-order valence-corrected chi connectivity index (χ3v) is 3.70. The average Bonchev–Trinajstić information content (AvgIpc) is 2.99. The Morgan fingerprint density at radius 1 is 1.32 bits per heavy atom. The van der Waals surface area contributed by atoms with Gasteiger partial charge in [-0.25, -0.2) is 0 Å². The second-order valence-corrected chi connectivity index (χ2v) is 6.20. The van der Waals surface area contributed by atoms with Gasteiger partial charge in [0.15, 0.2) is 0 Å². The van der Waals surface area contributed by atoms with Gasteiger partial charge in [0, 0.05) is 17.1 Å². The van der Waals surface area contributed by atoms with Gasteiger partial charge in [-0.05, 0) is 43.7 Å². The molecule has 0 bridgehead atoms. The third kappa shape index (κ3) is 5.14. The van der Waals surface area contributed by atoms with Crippen LogP contribution >= 0.6 is 11.6 Å². The summed E-state index contributed by atoms with van der Waals surface area (Å²) in [6, 6.07) is 11.4. The molecule has 2 N–H and O–H groups in total. The Labute approximate surface area is 136 Å². The van der Waals surface area contributed by atoms with Crippen LogP contribution in [0.5, 0.6) is 0 Å².